The number of nitrogens with one attached hydrogen (secondary N) is 1. The number of aliphatic hydroxyl groups excluding tert-OH is 1. The lowest BCUT2D eigenvalue weighted by atomic mass is 9.65. The molecular formula is C10H19NO3. The minimum absolute atomic E-state index is 0.0174. The molecule has 1 aliphatic rings. The molecule has 4 nitrogen and oxygen atoms in total. The van der Waals surface area contributed by atoms with Crippen molar-refractivity contribution in [1.82, 2.24) is 5.32 Å². The summed E-state index contributed by atoms with van der Waals surface area (Å²) in [5.41, 5.74) is -0.240. The number of aliphatic hydroxyl groups is 1. The molecular weight excluding hydrogens is 182 g/mol. The number of ether oxygens (including phenoxy) is 1. The van der Waals surface area contributed by atoms with Crippen LogP contribution in [0.2, 0.25) is 0 Å². The predicted octanol–water partition coefficient (Wildman–Crippen LogP) is 1.28. The van der Waals surface area contributed by atoms with Crippen LogP contribution in [0.4, 0.5) is 4.79 Å². The summed E-state index contributed by atoms with van der Waals surface area (Å²) < 4.78 is 4.95. The summed E-state index contributed by atoms with van der Waals surface area (Å²) in [5, 5.41) is 12.2. The van der Waals surface area contributed by atoms with Gasteiger partial charge in [0.1, 0.15) is 0 Å². The minimum atomic E-state index is -0.398. The molecule has 2 N–H and O–H groups in total. The Bertz CT molecular complexity index is 225. The molecule has 0 aromatic heterocycles. The van der Waals surface area contributed by atoms with Gasteiger partial charge in [0.2, 0.25) is 0 Å². The van der Waals surface area contributed by atoms with Gasteiger partial charge in [-0.05, 0) is 20.3 Å². The van der Waals surface area contributed by atoms with Crippen molar-refractivity contribution in [3.05, 3.63) is 0 Å². The first kappa shape index (κ1) is 11.3. The van der Waals surface area contributed by atoms with Gasteiger partial charge in [-0.1, -0.05) is 13.8 Å². The highest BCUT2D eigenvalue weighted by molar-refractivity contribution is 5.68. The smallest absolute Gasteiger partial charge is 0.407 e. The number of amides is 1. The summed E-state index contributed by atoms with van der Waals surface area (Å²) in [4.78, 5) is 11.2. The molecule has 1 fully saturated rings. The van der Waals surface area contributed by atoms with Crippen LogP contribution in [0.1, 0.15) is 34.1 Å². The number of carbonyl (C=O) groups is 1. The van der Waals surface area contributed by atoms with Gasteiger partial charge in [-0.2, -0.15) is 0 Å². The number of hydrogen-bond donors (Lipinski definition) is 2. The zero-order chi connectivity index (χ0) is 10.9. The molecule has 0 bridgehead atoms. The third-order valence-electron chi connectivity index (χ3n) is 2.85. The second-order valence-corrected chi connectivity index (χ2v) is 4.72. The standard InChI is InChI=1S/C10H19NO3/c1-6(2)14-9(13)11-7-5-8(12)10(7,3)4/h6-8,12H,5H2,1-4H3,(H,11,13). The Morgan fingerprint density at radius 3 is 2.50 bits per heavy atom. The highest BCUT2D eigenvalue weighted by Gasteiger charge is 2.48. The SMILES string of the molecule is CC(C)OC(=O)NC1CC(O)C1(C)C. The van der Waals surface area contributed by atoms with Crippen molar-refractivity contribution in [3.8, 4) is 0 Å². The predicted molar refractivity (Wildman–Crippen MR) is 52.9 cm³/mol. The minimum Gasteiger partial charge on any atom is -0.447 e. The molecule has 0 spiro atoms. The summed E-state index contributed by atoms with van der Waals surface area (Å²) >= 11 is 0. The lowest BCUT2D eigenvalue weighted by Gasteiger charge is -2.49. The average Bonchev–Trinajstić information content (AvgIpc) is 2.02. The summed E-state index contributed by atoms with van der Waals surface area (Å²) in [5.74, 6) is 0. The van der Waals surface area contributed by atoms with Gasteiger partial charge in [0, 0.05) is 11.5 Å². The Labute approximate surface area is 84.6 Å². The average molecular weight is 201 g/mol. The quantitative estimate of drug-likeness (QED) is 0.707. The van der Waals surface area contributed by atoms with E-state index >= 15 is 0 Å². The molecule has 1 saturated carbocycles. The molecule has 1 amide bonds. The van der Waals surface area contributed by atoms with Crippen molar-refractivity contribution >= 4 is 6.09 Å². The maximum atomic E-state index is 11.2. The van der Waals surface area contributed by atoms with E-state index in [9.17, 15) is 9.90 Å². The molecule has 4 heteroatoms. The normalized spacial score (nSPS) is 29.6. The molecule has 0 saturated heterocycles. The topological polar surface area (TPSA) is 58.6 Å². The highest BCUT2D eigenvalue weighted by Crippen LogP contribution is 2.40. The monoisotopic (exact) mass is 201 g/mol. The fourth-order valence-corrected chi connectivity index (χ4v) is 1.54. The first-order valence-electron chi connectivity index (χ1n) is 4.99. The third-order valence-corrected chi connectivity index (χ3v) is 2.85. The van der Waals surface area contributed by atoms with Crippen LogP contribution < -0.4 is 5.32 Å². The lowest BCUT2D eigenvalue weighted by molar-refractivity contribution is -0.0713. The van der Waals surface area contributed by atoms with E-state index in [-0.39, 0.29) is 23.7 Å². The molecule has 0 aromatic rings. The Morgan fingerprint density at radius 1 is 1.57 bits per heavy atom. The van der Waals surface area contributed by atoms with E-state index < -0.39 is 6.09 Å². The maximum Gasteiger partial charge on any atom is 0.407 e. The van der Waals surface area contributed by atoms with E-state index in [0.29, 0.717) is 6.42 Å². The fraction of sp³-hybridized carbons (Fsp3) is 0.900. The van der Waals surface area contributed by atoms with Crippen LogP contribution >= 0.6 is 0 Å². The van der Waals surface area contributed by atoms with Crippen molar-refractivity contribution in [2.24, 2.45) is 5.41 Å². The van der Waals surface area contributed by atoms with Crippen LogP contribution in [0.3, 0.4) is 0 Å². The Hall–Kier alpha value is -0.770. The fourth-order valence-electron chi connectivity index (χ4n) is 1.54. The first-order chi connectivity index (χ1) is 6.34. The molecule has 0 aromatic carbocycles. The van der Waals surface area contributed by atoms with Crippen molar-refractivity contribution in [2.75, 3.05) is 0 Å². The summed E-state index contributed by atoms with van der Waals surface area (Å²) in [6.45, 7) is 7.48. The largest absolute Gasteiger partial charge is 0.447 e. The van der Waals surface area contributed by atoms with E-state index in [1.165, 1.54) is 0 Å². The second-order valence-electron chi connectivity index (χ2n) is 4.72. The zero-order valence-corrected chi connectivity index (χ0v) is 9.20. The molecule has 14 heavy (non-hydrogen) atoms. The number of carbonyl (C=O) groups excluding carboxylic acids is 1. The van der Waals surface area contributed by atoms with E-state index in [1.807, 2.05) is 13.8 Å². The summed E-state index contributed by atoms with van der Waals surface area (Å²) in [6.07, 6.45) is -0.222. The van der Waals surface area contributed by atoms with Crippen molar-refractivity contribution in [1.29, 1.82) is 0 Å². The van der Waals surface area contributed by atoms with Crippen LogP contribution in [0.5, 0.6) is 0 Å². The second kappa shape index (κ2) is 3.77. The molecule has 0 heterocycles. The summed E-state index contributed by atoms with van der Waals surface area (Å²) in [7, 11) is 0. The molecule has 0 radical (unpaired) electrons. The Balaban J connectivity index is 2.36. The molecule has 1 aliphatic carbocycles. The van der Waals surface area contributed by atoms with Gasteiger partial charge >= 0.3 is 6.09 Å². The van der Waals surface area contributed by atoms with Gasteiger partial charge in [-0.15, -0.1) is 0 Å². The lowest BCUT2D eigenvalue weighted by Crippen LogP contribution is -2.61. The zero-order valence-electron chi connectivity index (χ0n) is 9.20. The molecule has 2 unspecified atom stereocenters. The van der Waals surface area contributed by atoms with Gasteiger partial charge < -0.3 is 15.2 Å². The first-order valence-corrected chi connectivity index (χ1v) is 4.99. The van der Waals surface area contributed by atoms with E-state index in [4.69, 9.17) is 4.74 Å². The van der Waals surface area contributed by atoms with Gasteiger partial charge in [0.15, 0.2) is 0 Å². The van der Waals surface area contributed by atoms with Crippen LogP contribution in [0.25, 0.3) is 0 Å². The van der Waals surface area contributed by atoms with E-state index in [1.54, 1.807) is 13.8 Å². The van der Waals surface area contributed by atoms with Gasteiger partial charge in [-0.3, -0.25) is 0 Å². The molecule has 1 rings (SSSR count). The Morgan fingerprint density at radius 2 is 2.14 bits per heavy atom. The highest BCUT2D eigenvalue weighted by atomic mass is 16.6. The van der Waals surface area contributed by atoms with Gasteiger partial charge in [0.05, 0.1) is 12.2 Å². The number of rotatable bonds is 2. The number of alkyl carbamates (subject to hydrolysis) is 1. The van der Waals surface area contributed by atoms with Gasteiger partial charge in [-0.25, -0.2) is 4.79 Å². The van der Waals surface area contributed by atoms with Gasteiger partial charge in [0.25, 0.3) is 0 Å². The number of hydrogen-bond acceptors (Lipinski definition) is 3. The van der Waals surface area contributed by atoms with Crippen LogP contribution in [0, 0.1) is 5.41 Å². The van der Waals surface area contributed by atoms with E-state index in [2.05, 4.69) is 5.32 Å². The third kappa shape index (κ3) is 2.18. The van der Waals surface area contributed by atoms with Crippen molar-refractivity contribution in [3.63, 3.8) is 0 Å². The van der Waals surface area contributed by atoms with Crippen LogP contribution in [-0.2, 0) is 4.74 Å². The molecule has 82 valence electrons. The van der Waals surface area contributed by atoms with Crippen LogP contribution in [0.15, 0.2) is 0 Å². The Kier molecular flexibility index (Phi) is 3.04. The molecule has 0 aliphatic heterocycles. The van der Waals surface area contributed by atoms with Crippen LogP contribution in [-0.4, -0.2) is 29.4 Å². The molecule has 2 atom stereocenters. The summed E-state index contributed by atoms with van der Waals surface area (Å²) in [6, 6.07) is 0.0174. The van der Waals surface area contributed by atoms with Crippen molar-refractivity contribution in [2.45, 2.75) is 52.4 Å². The maximum absolute atomic E-state index is 11.2. The van der Waals surface area contributed by atoms with E-state index in [0.717, 1.165) is 0 Å². The van der Waals surface area contributed by atoms with Crippen molar-refractivity contribution < 1.29 is 14.6 Å².